The van der Waals surface area contributed by atoms with Crippen molar-refractivity contribution in [3.63, 3.8) is 0 Å². The Balaban J connectivity index is 1.46. The van der Waals surface area contributed by atoms with Crippen molar-refractivity contribution < 1.29 is 48.7 Å². The molecule has 2 aliphatic heterocycles. The van der Waals surface area contributed by atoms with Gasteiger partial charge in [0.15, 0.2) is 12.1 Å². The predicted molar refractivity (Wildman–Crippen MR) is 213 cm³/mol. The first kappa shape index (κ1) is 47.3. The molecule has 1 aromatic carbocycles. The van der Waals surface area contributed by atoms with Gasteiger partial charge in [-0.1, -0.05) is 32.9 Å². The van der Waals surface area contributed by atoms with E-state index in [9.17, 15) is 39.7 Å². The summed E-state index contributed by atoms with van der Waals surface area (Å²) in [5.74, 6) is -2.43. The van der Waals surface area contributed by atoms with Crippen molar-refractivity contribution in [2.75, 3.05) is 32.5 Å². The predicted octanol–water partition coefficient (Wildman–Crippen LogP) is 3.33. The highest BCUT2D eigenvalue weighted by Gasteiger charge is 2.48. The van der Waals surface area contributed by atoms with Crippen molar-refractivity contribution >= 4 is 17.3 Å². The minimum absolute atomic E-state index is 0.0909. The second-order valence-corrected chi connectivity index (χ2v) is 17.4. The second kappa shape index (κ2) is 19.8. The summed E-state index contributed by atoms with van der Waals surface area (Å²) >= 11 is 0. The molecule has 2 aromatic rings. The maximum absolute atomic E-state index is 14.3. The minimum atomic E-state index is -1.71. The first-order valence-corrected chi connectivity index (χ1v) is 20.3. The van der Waals surface area contributed by atoms with Gasteiger partial charge in [-0.25, -0.2) is 4.39 Å². The maximum atomic E-state index is 14.3. The van der Waals surface area contributed by atoms with Gasteiger partial charge < -0.3 is 44.9 Å². The molecule has 0 spiro atoms. The molecule has 0 saturated carbocycles. The largest absolute Gasteiger partial charge is 0.459 e. The highest BCUT2D eigenvalue weighted by molar-refractivity contribution is 5.72. The standard InChI is InChI=1S/C40H66FN7O10/c1-11-33-40(8,53)35(50)27(6)46(10)21-23(2)19-39(7,52)36(24(3)16-25(4)37(51)57-33)58-38-34(49)32(17-26(5)56-38)45(9)14-15-47-22-28(43-44-47)20-42-31-13-12-29(48(54)55)18-30(31)41/h12-13,18,22-27,32-36,38,42,49-50,52-53H,11,14-17,19-21H2,1-10H3/t23-,24+,25-,26-,27-,32+,33-,34-,35-,36-,38+,39-,40-/m1/s1. The van der Waals surface area contributed by atoms with Gasteiger partial charge in [0.25, 0.3) is 5.69 Å². The molecule has 0 bridgehead atoms. The summed E-state index contributed by atoms with van der Waals surface area (Å²) in [6.07, 6.45) is -2.49. The van der Waals surface area contributed by atoms with E-state index in [1.54, 1.807) is 38.6 Å². The number of halogens is 1. The Morgan fingerprint density at radius 2 is 1.84 bits per heavy atom. The number of nitro groups is 1. The van der Waals surface area contributed by atoms with Gasteiger partial charge in [-0.05, 0) is 85.4 Å². The molecule has 0 unspecified atom stereocenters. The van der Waals surface area contributed by atoms with Crippen LogP contribution in [0, 0.1) is 33.7 Å². The lowest BCUT2D eigenvalue weighted by Gasteiger charge is -2.46. The minimum Gasteiger partial charge on any atom is -0.459 e. The number of esters is 1. The summed E-state index contributed by atoms with van der Waals surface area (Å²) < 4.78 is 34.7. The van der Waals surface area contributed by atoms with Gasteiger partial charge in [-0.2, -0.15) is 0 Å². The number of nitro benzene ring substituents is 1. The van der Waals surface area contributed by atoms with Crippen LogP contribution in [0.4, 0.5) is 15.8 Å². The number of carbonyl (C=O) groups is 1. The molecule has 18 heteroatoms. The lowest BCUT2D eigenvalue weighted by Crippen LogP contribution is -2.59. The summed E-state index contributed by atoms with van der Waals surface area (Å²) in [6, 6.07) is 2.47. The molecular weight excluding hydrogens is 757 g/mol. The molecule has 58 heavy (non-hydrogen) atoms. The van der Waals surface area contributed by atoms with Crippen molar-refractivity contribution in [1.29, 1.82) is 0 Å². The molecule has 1 aromatic heterocycles. The zero-order chi connectivity index (χ0) is 43.3. The third kappa shape index (κ3) is 11.7. The van der Waals surface area contributed by atoms with Gasteiger partial charge in [-0.15, -0.1) is 5.10 Å². The van der Waals surface area contributed by atoms with Gasteiger partial charge in [-0.3, -0.25) is 24.5 Å². The molecular formula is C40H66FN7O10. The fourth-order valence-corrected chi connectivity index (χ4v) is 8.63. The number of benzene rings is 1. The van der Waals surface area contributed by atoms with Crippen molar-refractivity contribution in [2.45, 2.75) is 154 Å². The number of likely N-dealkylation sites (N-methyl/N-ethyl adjacent to an activating group) is 2. The Kier molecular flexibility index (Phi) is 16.2. The number of carbonyl (C=O) groups excluding carboxylic acids is 1. The normalized spacial score (nSPS) is 36.2. The van der Waals surface area contributed by atoms with E-state index in [-0.39, 0.29) is 42.4 Å². The number of ether oxygens (including phenoxy) is 3. The average molecular weight is 824 g/mol. The van der Waals surface area contributed by atoms with Crippen LogP contribution in [0.5, 0.6) is 0 Å². The van der Waals surface area contributed by atoms with Crippen LogP contribution in [0.25, 0.3) is 0 Å². The number of non-ortho nitro benzene ring substituents is 1. The summed E-state index contributed by atoms with van der Waals surface area (Å²) in [5.41, 5.74) is -2.86. The molecule has 5 N–H and O–H groups in total. The van der Waals surface area contributed by atoms with Crippen LogP contribution in [-0.4, -0.2) is 143 Å². The molecule has 0 radical (unpaired) electrons. The van der Waals surface area contributed by atoms with E-state index in [1.807, 2.05) is 44.7 Å². The van der Waals surface area contributed by atoms with Crippen LogP contribution in [0.1, 0.15) is 86.8 Å². The topological polar surface area (TPSA) is 218 Å². The van der Waals surface area contributed by atoms with Crippen molar-refractivity contribution in [3.05, 3.63) is 46.0 Å². The quantitative estimate of drug-likeness (QED) is 0.125. The molecule has 2 fully saturated rings. The van der Waals surface area contributed by atoms with Crippen LogP contribution in [-0.2, 0) is 32.1 Å². The number of aliphatic hydroxyl groups is 4. The third-order valence-corrected chi connectivity index (χ3v) is 12.0. The van der Waals surface area contributed by atoms with E-state index < -0.39 is 76.5 Å². The second-order valence-electron chi connectivity index (χ2n) is 17.4. The summed E-state index contributed by atoms with van der Waals surface area (Å²) in [7, 11) is 3.72. The SMILES string of the molecule is CC[C@H]1OC(=O)[C@H](C)C[C@H](C)[C@@H](O[C@@H]2O[C@H](C)C[C@H](N(C)CCn3cc(CNc4ccc([N+](=O)[O-])cc4F)nn3)[C@H]2O)[C@](C)(O)C[C@@H](C)CN(C)[C@H](C)[C@@H](O)[C@]1(C)O. The molecule has 0 amide bonds. The van der Waals surface area contributed by atoms with Crippen LogP contribution >= 0.6 is 0 Å². The summed E-state index contributed by atoms with van der Waals surface area (Å²) in [6.45, 7) is 15.8. The van der Waals surface area contributed by atoms with Crippen LogP contribution < -0.4 is 5.32 Å². The number of nitrogens with zero attached hydrogens (tertiary/aromatic N) is 6. The Morgan fingerprint density at radius 1 is 1.16 bits per heavy atom. The number of nitrogens with one attached hydrogen (secondary N) is 1. The third-order valence-electron chi connectivity index (χ3n) is 12.0. The number of hydrogen-bond acceptors (Lipinski definition) is 15. The first-order valence-electron chi connectivity index (χ1n) is 20.3. The number of cyclic esters (lactones) is 1. The van der Waals surface area contributed by atoms with E-state index in [0.717, 1.165) is 6.07 Å². The van der Waals surface area contributed by atoms with Gasteiger partial charge in [0.2, 0.25) is 0 Å². The number of aliphatic hydroxyl groups excluding tert-OH is 2. The van der Waals surface area contributed by atoms with Gasteiger partial charge in [0, 0.05) is 31.2 Å². The summed E-state index contributed by atoms with van der Waals surface area (Å²) in [4.78, 5) is 27.7. The van der Waals surface area contributed by atoms with Crippen molar-refractivity contribution in [3.8, 4) is 0 Å². The molecule has 3 heterocycles. The van der Waals surface area contributed by atoms with Crippen molar-refractivity contribution in [1.82, 2.24) is 24.8 Å². The van der Waals surface area contributed by atoms with E-state index in [2.05, 4.69) is 15.6 Å². The van der Waals surface area contributed by atoms with Gasteiger partial charge >= 0.3 is 5.97 Å². The zero-order valence-corrected chi connectivity index (χ0v) is 35.6. The Bertz CT molecular complexity index is 1670. The number of hydrogen-bond donors (Lipinski definition) is 5. The zero-order valence-electron chi connectivity index (χ0n) is 35.6. The Morgan fingerprint density at radius 3 is 2.48 bits per heavy atom. The number of aromatic nitrogens is 3. The highest BCUT2D eigenvalue weighted by Crippen LogP contribution is 2.36. The Hall–Kier alpha value is -3.36. The maximum Gasteiger partial charge on any atom is 0.309 e. The number of anilines is 1. The highest BCUT2D eigenvalue weighted by atomic mass is 19.1. The summed E-state index contributed by atoms with van der Waals surface area (Å²) in [5, 5.41) is 68.9. The molecule has 2 aliphatic rings. The molecule has 4 rings (SSSR count). The lowest BCUT2D eigenvalue weighted by molar-refractivity contribution is -0.385. The van der Waals surface area contributed by atoms with Crippen LogP contribution in [0.3, 0.4) is 0 Å². The van der Waals surface area contributed by atoms with E-state index in [0.29, 0.717) is 44.6 Å². The molecule has 0 aliphatic carbocycles. The van der Waals surface area contributed by atoms with E-state index in [4.69, 9.17) is 14.2 Å². The molecule has 13 atom stereocenters. The van der Waals surface area contributed by atoms with E-state index >= 15 is 0 Å². The fraction of sp³-hybridized carbons (Fsp3) is 0.775. The smallest absolute Gasteiger partial charge is 0.309 e. The van der Waals surface area contributed by atoms with Crippen molar-refractivity contribution in [2.24, 2.45) is 17.8 Å². The first-order chi connectivity index (χ1) is 27.0. The average Bonchev–Trinajstić information content (AvgIpc) is 3.61. The molecule has 17 nitrogen and oxygen atoms in total. The fourth-order valence-electron chi connectivity index (χ4n) is 8.63. The lowest BCUT2D eigenvalue weighted by atomic mass is 9.79. The van der Waals surface area contributed by atoms with E-state index in [1.165, 1.54) is 19.1 Å². The monoisotopic (exact) mass is 823 g/mol. The molecule has 328 valence electrons. The van der Waals surface area contributed by atoms with Gasteiger partial charge in [0.05, 0.1) is 59.7 Å². The molecule has 2 saturated heterocycles. The van der Waals surface area contributed by atoms with Gasteiger partial charge in [0.1, 0.15) is 29.6 Å². The Labute approximate surface area is 341 Å². The number of rotatable bonds is 11. The van der Waals surface area contributed by atoms with Crippen LogP contribution in [0.2, 0.25) is 0 Å². The van der Waals surface area contributed by atoms with Crippen LogP contribution in [0.15, 0.2) is 24.4 Å².